The number of halogens is 1. The Kier molecular flexibility index (Phi) is 10.3. The topological polar surface area (TPSA) is 54.9 Å². The molecule has 5 nitrogen and oxygen atoms in total. The minimum Gasteiger partial charge on any atom is -0.493 e. The fraction of sp³-hybridized carbons (Fsp3) is 0.389. The quantitative estimate of drug-likeness (QED) is 0.349. The molecule has 0 aliphatic heterocycles. The average molecular weight is 475 g/mol. The van der Waals surface area contributed by atoms with Crippen LogP contribution in [0.5, 0.6) is 11.5 Å². The maximum atomic E-state index is 5.93. The minimum absolute atomic E-state index is 0. The minimum atomic E-state index is -0.0165. The molecule has 138 valence electrons. The van der Waals surface area contributed by atoms with Crippen LogP contribution in [0.4, 0.5) is 0 Å². The Labute approximate surface area is 170 Å². The smallest absolute Gasteiger partial charge is 0.191 e. The normalized spacial score (nSPS) is 12.0. The molecule has 1 aromatic heterocycles. The van der Waals surface area contributed by atoms with Gasteiger partial charge in [-0.2, -0.15) is 0 Å². The molecule has 1 aromatic carbocycles. The second kappa shape index (κ2) is 12.0. The zero-order valence-electron chi connectivity index (χ0n) is 14.8. The Hall–Kier alpha value is -1.48. The zero-order valence-corrected chi connectivity index (χ0v) is 18.0. The van der Waals surface area contributed by atoms with Gasteiger partial charge in [-0.25, -0.2) is 0 Å². The number of nitrogens with one attached hydrogen (secondary N) is 2. The number of ether oxygens (including phenoxy) is 2. The van der Waals surface area contributed by atoms with Gasteiger partial charge in [-0.3, -0.25) is 4.99 Å². The largest absolute Gasteiger partial charge is 0.493 e. The van der Waals surface area contributed by atoms with Crippen molar-refractivity contribution in [2.75, 3.05) is 27.2 Å². The first kappa shape index (κ1) is 21.6. The van der Waals surface area contributed by atoms with Crippen LogP contribution in [-0.2, 0) is 6.42 Å². The Morgan fingerprint density at radius 2 is 1.92 bits per heavy atom. The van der Waals surface area contributed by atoms with Gasteiger partial charge in [0.25, 0.3) is 0 Å². The Balaban J connectivity index is 0.00000312. The summed E-state index contributed by atoms with van der Waals surface area (Å²) in [6.45, 7) is 3.51. The molecule has 2 N–H and O–H groups in total. The van der Waals surface area contributed by atoms with E-state index in [1.165, 1.54) is 4.88 Å². The van der Waals surface area contributed by atoms with E-state index in [4.69, 9.17) is 9.47 Å². The van der Waals surface area contributed by atoms with Crippen molar-refractivity contribution in [1.29, 1.82) is 0 Å². The number of benzene rings is 1. The van der Waals surface area contributed by atoms with Gasteiger partial charge in [0.1, 0.15) is 6.10 Å². The first-order valence-corrected chi connectivity index (χ1v) is 8.87. The fourth-order valence-electron chi connectivity index (χ4n) is 2.19. The monoisotopic (exact) mass is 475 g/mol. The predicted octanol–water partition coefficient (Wildman–Crippen LogP) is 3.55. The molecule has 0 radical (unpaired) electrons. The number of hydrogen-bond donors (Lipinski definition) is 2. The number of rotatable bonds is 8. The maximum Gasteiger partial charge on any atom is 0.191 e. The summed E-state index contributed by atoms with van der Waals surface area (Å²) in [5.74, 6) is 2.26. The molecule has 0 aliphatic carbocycles. The van der Waals surface area contributed by atoms with Gasteiger partial charge in [0.2, 0.25) is 0 Å². The highest BCUT2D eigenvalue weighted by atomic mass is 127. The summed E-state index contributed by atoms with van der Waals surface area (Å²) in [6, 6.07) is 11.9. The molecule has 0 spiro atoms. The van der Waals surface area contributed by atoms with E-state index < -0.39 is 0 Å². The van der Waals surface area contributed by atoms with E-state index in [2.05, 4.69) is 33.1 Å². The first-order valence-electron chi connectivity index (χ1n) is 7.99. The Morgan fingerprint density at radius 1 is 1.16 bits per heavy atom. The average Bonchev–Trinajstić information content (AvgIpc) is 3.11. The lowest BCUT2D eigenvalue weighted by atomic mass is 10.3. The van der Waals surface area contributed by atoms with Crippen LogP contribution in [0.2, 0.25) is 0 Å². The molecule has 0 bridgehead atoms. The van der Waals surface area contributed by atoms with Crippen LogP contribution in [0.25, 0.3) is 0 Å². The molecule has 25 heavy (non-hydrogen) atoms. The van der Waals surface area contributed by atoms with Crippen LogP contribution >= 0.6 is 35.3 Å². The van der Waals surface area contributed by atoms with Crippen molar-refractivity contribution in [3.8, 4) is 11.5 Å². The second-order valence-electron chi connectivity index (χ2n) is 5.29. The molecule has 2 rings (SSSR count). The molecule has 0 fully saturated rings. The number of guanidine groups is 1. The Morgan fingerprint density at radius 3 is 2.56 bits per heavy atom. The molecule has 2 aromatic rings. The van der Waals surface area contributed by atoms with Gasteiger partial charge in [-0.1, -0.05) is 18.2 Å². The highest BCUT2D eigenvalue weighted by Crippen LogP contribution is 2.26. The zero-order chi connectivity index (χ0) is 17.2. The molecular formula is C18H26IN3O2S. The third-order valence-corrected chi connectivity index (χ3v) is 4.36. The van der Waals surface area contributed by atoms with Crippen molar-refractivity contribution in [2.24, 2.45) is 4.99 Å². The number of nitrogens with zero attached hydrogens (tertiary/aromatic N) is 1. The highest BCUT2D eigenvalue weighted by Gasteiger charge is 2.09. The first-order chi connectivity index (χ1) is 11.7. The van der Waals surface area contributed by atoms with Crippen LogP contribution in [0.1, 0.15) is 11.8 Å². The molecular weight excluding hydrogens is 449 g/mol. The number of hydrogen-bond acceptors (Lipinski definition) is 4. The van der Waals surface area contributed by atoms with E-state index in [1.807, 2.05) is 31.2 Å². The van der Waals surface area contributed by atoms with E-state index in [0.29, 0.717) is 6.54 Å². The van der Waals surface area contributed by atoms with Gasteiger partial charge in [0, 0.05) is 18.5 Å². The van der Waals surface area contributed by atoms with Gasteiger partial charge in [-0.05, 0) is 36.9 Å². The van der Waals surface area contributed by atoms with E-state index in [1.54, 1.807) is 25.5 Å². The van der Waals surface area contributed by atoms with Gasteiger partial charge >= 0.3 is 0 Å². The molecule has 1 unspecified atom stereocenters. The van der Waals surface area contributed by atoms with Gasteiger partial charge in [-0.15, -0.1) is 35.3 Å². The predicted molar refractivity (Wildman–Crippen MR) is 116 cm³/mol. The lowest BCUT2D eigenvalue weighted by Crippen LogP contribution is -2.42. The summed E-state index contributed by atoms with van der Waals surface area (Å²) >= 11 is 1.77. The lowest BCUT2D eigenvalue weighted by molar-refractivity contribution is 0.213. The highest BCUT2D eigenvalue weighted by molar-refractivity contribution is 14.0. The van der Waals surface area contributed by atoms with Crippen LogP contribution in [0.3, 0.4) is 0 Å². The molecule has 7 heteroatoms. The van der Waals surface area contributed by atoms with Gasteiger partial charge in [0.05, 0.1) is 13.7 Å². The van der Waals surface area contributed by atoms with Crippen molar-refractivity contribution in [3.05, 3.63) is 46.7 Å². The van der Waals surface area contributed by atoms with Crippen molar-refractivity contribution in [2.45, 2.75) is 19.4 Å². The molecule has 0 saturated carbocycles. The third-order valence-electron chi connectivity index (χ3n) is 3.42. The standard InChI is InChI=1S/C18H25N3O2S.HI/c1-14(23-17-9-5-4-8-16(17)22-3)13-21-18(19-2)20-11-10-15-7-6-12-24-15;/h4-9,12,14H,10-11,13H2,1-3H3,(H2,19,20,21);1H. The summed E-state index contributed by atoms with van der Waals surface area (Å²) in [5, 5.41) is 8.69. The molecule has 1 atom stereocenters. The lowest BCUT2D eigenvalue weighted by Gasteiger charge is -2.19. The Bertz CT molecular complexity index is 635. The van der Waals surface area contributed by atoms with Gasteiger partial charge in [0.15, 0.2) is 17.5 Å². The molecule has 0 aliphatic rings. The van der Waals surface area contributed by atoms with E-state index in [9.17, 15) is 0 Å². The number of thiophene rings is 1. The summed E-state index contributed by atoms with van der Waals surface area (Å²) in [7, 11) is 3.41. The number of methoxy groups -OCH3 is 1. The summed E-state index contributed by atoms with van der Waals surface area (Å²) < 4.78 is 11.2. The van der Waals surface area contributed by atoms with E-state index in [0.717, 1.165) is 30.4 Å². The second-order valence-corrected chi connectivity index (χ2v) is 6.32. The van der Waals surface area contributed by atoms with Crippen molar-refractivity contribution < 1.29 is 9.47 Å². The van der Waals surface area contributed by atoms with Crippen LogP contribution < -0.4 is 20.1 Å². The summed E-state index contributed by atoms with van der Waals surface area (Å²) in [5.41, 5.74) is 0. The fourth-order valence-corrected chi connectivity index (χ4v) is 2.90. The SMILES string of the molecule is CN=C(NCCc1cccs1)NCC(C)Oc1ccccc1OC.I. The molecule has 0 amide bonds. The van der Waals surface area contributed by atoms with Crippen LogP contribution in [0, 0.1) is 0 Å². The van der Waals surface area contributed by atoms with Gasteiger partial charge < -0.3 is 20.1 Å². The summed E-state index contributed by atoms with van der Waals surface area (Å²) in [6.07, 6.45) is 0.975. The van der Waals surface area contributed by atoms with Crippen molar-refractivity contribution >= 4 is 41.3 Å². The number of para-hydroxylation sites is 2. The molecule has 1 heterocycles. The van der Waals surface area contributed by atoms with E-state index in [-0.39, 0.29) is 30.1 Å². The third kappa shape index (κ3) is 7.52. The van der Waals surface area contributed by atoms with E-state index >= 15 is 0 Å². The van der Waals surface area contributed by atoms with Crippen molar-refractivity contribution in [1.82, 2.24) is 10.6 Å². The van der Waals surface area contributed by atoms with Crippen molar-refractivity contribution in [3.63, 3.8) is 0 Å². The molecule has 0 saturated heterocycles. The van der Waals surface area contributed by atoms with Crippen LogP contribution in [-0.4, -0.2) is 39.3 Å². The summed E-state index contributed by atoms with van der Waals surface area (Å²) in [4.78, 5) is 5.60. The maximum absolute atomic E-state index is 5.93. The number of aliphatic imine (C=N–C) groups is 1. The van der Waals surface area contributed by atoms with Crippen LogP contribution in [0.15, 0.2) is 46.8 Å².